The molecule has 0 saturated carbocycles. The molecule has 4 heterocycles. The van der Waals surface area contributed by atoms with E-state index >= 15 is 0 Å². The molecule has 0 bridgehead atoms. The first-order chi connectivity index (χ1) is 15.7. The average molecular weight is 508 g/mol. The van der Waals surface area contributed by atoms with Crippen molar-refractivity contribution in [2.75, 3.05) is 5.73 Å². The lowest BCUT2D eigenvalue weighted by Crippen LogP contribution is -2.63. The summed E-state index contributed by atoms with van der Waals surface area (Å²) < 4.78 is 0.0941. The average Bonchev–Trinajstić information content (AvgIpc) is 3.33. The summed E-state index contributed by atoms with van der Waals surface area (Å²) in [5.41, 5.74) is 8.16. The van der Waals surface area contributed by atoms with Gasteiger partial charge in [0, 0.05) is 17.3 Å². The number of nitrogens with zero attached hydrogens (tertiary/aromatic N) is 4. The van der Waals surface area contributed by atoms with Crippen LogP contribution in [0.25, 0.3) is 6.08 Å². The Morgan fingerprint density at radius 2 is 2.18 bits per heavy atom. The van der Waals surface area contributed by atoms with Gasteiger partial charge in [-0.15, -0.1) is 11.3 Å². The number of oxime groups is 1. The van der Waals surface area contributed by atoms with Crippen LogP contribution in [0.5, 0.6) is 0 Å². The number of halogens is 1. The minimum Gasteiger partial charge on any atom is -0.477 e. The molecule has 2 aromatic rings. The van der Waals surface area contributed by atoms with Crippen LogP contribution in [-0.2, 0) is 14.4 Å². The molecule has 0 aromatic carbocycles. The van der Waals surface area contributed by atoms with Crippen LogP contribution in [0, 0.1) is 12.8 Å². The molecule has 0 radical (unpaired) electrons. The second-order valence-corrected chi connectivity index (χ2v) is 10.0. The molecule has 13 heteroatoms. The Morgan fingerprint density at radius 1 is 1.42 bits per heavy atom. The fourth-order valence-corrected chi connectivity index (χ4v) is 5.68. The summed E-state index contributed by atoms with van der Waals surface area (Å²) in [6.45, 7) is 1.86. The number of nitrogens with two attached hydrogens (primary N) is 1. The number of aliphatic carboxylic acids is 1. The number of rotatable bonds is 7. The Kier molecular flexibility index (Phi) is 6.32. The third kappa shape index (κ3) is 4.16. The number of aryl methyl sites for hydroxylation is 1. The van der Waals surface area contributed by atoms with E-state index in [2.05, 4.69) is 15.1 Å². The van der Waals surface area contributed by atoms with Crippen LogP contribution in [0.4, 0.5) is 5.13 Å². The third-order valence-corrected chi connectivity index (χ3v) is 7.60. The molecule has 0 spiro atoms. The molecule has 4 rings (SSSR count). The van der Waals surface area contributed by atoms with Crippen LogP contribution in [0.3, 0.4) is 0 Å². The van der Waals surface area contributed by atoms with Crippen molar-refractivity contribution in [1.29, 1.82) is 0 Å². The van der Waals surface area contributed by atoms with Gasteiger partial charge in [-0.3, -0.25) is 9.59 Å². The Balaban J connectivity index is 1.54. The van der Waals surface area contributed by atoms with Gasteiger partial charge in [0.1, 0.15) is 15.7 Å². The summed E-state index contributed by atoms with van der Waals surface area (Å²) in [5.74, 6) is -3.03. The molecular formula is C20H18ClN5O5S2. The zero-order valence-corrected chi connectivity index (χ0v) is 19.6. The van der Waals surface area contributed by atoms with E-state index in [4.69, 9.17) is 17.3 Å². The largest absolute Gasteiger partial charge is 0.477 e. The van der Waals surface area contributed by atoms with E-state index in [-0.39, 0.29) is 33.0 Å². The summed E-state index contributed by atoms with van der Waals surface area (Å²) >= 11 is 8.37. The fraction of sp³-hybridized carbons (Fsp3) is 0.300. The number of aromatic nitrogens is 2. The normalized spacial score (nSPS) is 20.8. The van der Waals surface area contributed by atoms with Crippen molar-refractivity contribution in [1.82, 2.24) is 14.9 Å². The van der Waals surface area contributed by atoms with Crippen LogP contribution in [0.2, 0.25) is 4.34 Å². The van der Waals surface area contributed by atoms with Crippen LogP contribution in [0.1, 0.15) is 35.5 Å². The number of amides is 1. The highest BCUT2D eigenvalue weighted by Gasteiger charge is 2.53. The molecule has 2 aliphatic heterocycles. The first kappa shape index (κ1) is 23.1. The quantitative estimate of drug-likeness (QED) is 0.223. The second-order valence-electron chi connectivity index (χ2n) is 7.49. The summed E-state index contributed by atoms with van der Waals surface area (Å²) in [6.07, 6.45) is 4.18. The minimum absolute atomic E-state index is 0.0455. The number of carbonyl (C=O) groups is 3. The van der Waals surface area contributed by atoms with Crippen molar-refractivity contribution < 1.29 is 24.7 Å². The van der Waals surface area contributed by atoms with Crippen LogP contribution < -0.4 is 5.73 Å². The summed E-state index contributed by atoms with van der Waals surface area (Å²) in [4.78, 5) is 47.9. The van der Waals surface area contributed by atoms with Crippen molar-refractivity contribution in [2.24, 2.45) is 11.1 Å². The molecule has 2 aliphatic rings. The highest BCUT2D eigenvalue weighted by Crippen LogP contribution is 2.42. The number of hydrogen-bond acceptors (Lipinski definition) is 10. The Hall–Kier alpha value is -3.09. The number of allylic oxidation sites excluding steroid dienone is 2. The number of carboxylic acids is 1. The summed E-state index contributed by atoms with van der Waals surface area (Å²) in [7, 11) is 0. The molecule has 1 saturated heterocycles. The standard InChI is InChI=1S/C20H18ClN5O5S2/c1-8-13(32-7-23-8)5-3-9-2-4-11-10(18(28)26(11)16(9)19(29)30)6-12(27)14(25-31)15-17(21)33-20(22)24-15/h3,5,7,10-11,31H,2,4,6H2,1H3,(H2,22,24)(H,29,30)/b5-3?,25-14+. The topological polar surface area (TPSA) is 159 Å². The van der Waals surface area contributed by atoms with Gasteiger partial charge in [-0.1, -0.05) is 34.2 Å². The van der Waals surface area contributed by atoms with Crippen molar-refractivity contribution in [3.8, 4) is 0 Å². The first-order valence-electron chi connectivity index (χ1n) is 9.78. The SMILES string of the molecule is Cc1ncsc1C=CC1=C(C(=O)O)N2C(=O)C(CC(=O)/C(=N\O)c3nc(N)sc3Cl)C2CC1. The molecule has 10 nitrogen and oxygen atoms in total. The van der Waals surface area contributed by atoms with Gasteiger partial charge in [0.15, 0.2) is 16.6 Å². The van der Waals surface area contributed by atoms with Gasteiger partial charge in [0.25, 0.3) is 0 Å². The number of β-lactam (4-membered cyclic amide) rings is 1. The number of anilines is 1. The lowest BCUT2D eigenvalue weighted by Gasteiger charge is -2.50. The second kappa shape index (κ2) is 9.04. The minimum atomic E-state index is -1.21. The third-order valence-electron chi connectivity index (χ3n) is 5.62. The highest BCUT2D eigenvalue weighted by atomic mass is 35.5. The van der Waals surface area contributed by atoms with Gasteiger partial charge in [-0.2, -0.15) is 0 Å². The van der Waals surface area contributed by atoms with Gasteiger partial charge in [-0.25, -0.2) is 14.8 Å². The van der Waals surface area contributed by atoms with Crippen LogP contribution in [0.15, 0.2) is 28.0 Å². The molecule has 172 valence electrons. The van der Waals surface area contributed by atoms with Crippen LogP contribution in [-0.4, -0.2) is 54.6 Å². The van der Waals surface area contributed by atoms with Crippen molar-refractivity contribution in [3.05, 3.63) is 43.5 Å². The lowest BCUT2D eigenvalue weighted by molar-refractivity contribution is -0.159. The van der Waals surface area contributed by atoms with E-state index in [0.717, 1.165) is 21.9 Å². The maximum absolute atomic E-state index is 12.9. The molecule has 2 unspecified atom stereocenters. The van der Waals surface area contributed by atoms with Crippen LogP contribution >= 0.6 is 34.3 Å². The van der Waals surface area contributed by atoms with E-state index in [0.29, 0.717) is 18.4 Å². The Morgan fingerprint density at radius 3 is 2.76 bits per heavy atom. The molecule has 2 atom stereocenters. The summed E-state index contributed by atoms with van der Waals surface area (Å²) in [5, 5.41) is 22.2. The van der Waals surface area contributed by atoms with E-state index in [1.54, 1.807) is 17.7 Å². The smallest absolute Gasteiger partial charge is 0.352 e. The van der Waals surface area contributed by atoms with Crippen molar-refractivity contribution >= 4 is 68.9 Å². The molecule has 4 N–H and O–H groups in total. The predicted molar refractivity (Wildman–Crippen MR) is 123 cm³/mol. The molecule has 1 amide bonds. The van der Waals surface area contributed by atoms with E-state index in [9.17, 15) is 24.7 Å². The fourth-order valence-electron chi connectivity index (χ4n) is 4.06. The molecule has 0 aliphatic carbocycles. The molecular weight excluding hydrogens is 490 g/mol. The van der Waals surface area contributed by atoms with Gasteiger partial charge >= 0.3 is 5.97 Å². The first-order valence-corrected chi connectivity index (χ1v) is 11.9. The van der Waals surface area contributed by atoms with Gasteiger partial charge in [0.05, 0.1) is 17.1 Å². The number of hydrogen-bond donors (Lipinski definition) is 3. The number of nitrogen functional groups attached to an aromatic ring is 1. The lowest BCUT2D eigenvalue weighted by atomic mass is 9.76. The number of thiazole rings is 2. The van der Waals surface area contributed by atoms with Crippen molar-refractivity contribution in [2.45, 2.75) is 32.2 Å². The van der Waals surface area contributed by atoms with E-state index in [1.165, 1.54) is 16.2 Å². The number of Topliss-reactive ketones (excluding diaryl/α,β-unsaturated/α-hetero) is 1. The van der Waals surface area contributed by atoms with Gasteiger partial charge < -0.3 is 20.9 Å². The monoisotopic (exact) mass is 507 g/mol. The number of carbonyl (C=O) groups excluding carboxylic acids is 2. The molecule has 2 aromatic heterocycles. The zero-order valence-electron chi connectivity index (χ0n) is 17.2. The number of carboxylic acid groups (broad SMARTS) is 1. The molecule has 33 heavy (non-hydrogen) atoms. The van der Waals surface area contributed by atoms with Gasteiger partial charge in [-0.05, 0) is 31.4 Å². The van der Waals surface area contributed by atoms with E-state index < -0.39 is 29.6 Å². The van der Waals surface area contributed by atoms with E-state index in [1.807, 2.05) is 6.92 Å². The van der Waals surface area contributed by atoms with Gasteiger partial charge in [0.2, 0.25) is 5.91 Å². The maximum atomic E-state index is 12.9. The maximum Gasteiger partial charge on any atom is 0.352 e. The molecule has 1 fully saturated rings. The highest BCUT2D eigenvalue weighted by molar-refractivity contribution is 7.19. The summed E-state index contributed by atoms with van der Waals surface area (Å²) in [6, 6.07) is -0.439. The number of fused-ring (bicyclic) bond motifs is 1. The van der Waals surface area contributed by atoms with Crippen molar-refractivity contribution in [3.63, 3.8) is 0 Å². The Bertz CT molecular complexity index is 1250. The number of ketones is 1. The Labute approximate surface area is 200 Å². The predicted octanol–water partition coefficient (Wildman–Crippen LogP) is 2.95. The zero-order chi connectivity index (χ0) is 23.9.